The molecule has 5 rings (SSSR count). The second-order valence-electron chi connectivity index (χ2n) is 9.24. The van der Waals surface area contributed by atoms with Crippen LogP contribution in [0.3, 0.4) is 0 Å². The number of rotatable bonds is 3. The van der Waals surface area contributed by atoms with Crippen LogP contribution in [0.25, 0.3) is 21.5 Å². The van der Waals surface area contributed by atoms with Gasteiger partial charge in [-0.25, -0.2) is 8.42 Å². The summed E-state index contributed by atoms with van der Waals surface area (Å²) in [5.74, 6) is 0. The van der Waals surface area contributed by atoms with Crippen molar-refractivity contribution in [2.75, 3.05) is 0 Å². The molecular formula is C26H25BO4S. The predicted molar refractivity (Wildman–Crippen MR) is 129 cm³/mol. The van der Waals surface area contributed by atoms with Crippen molar-refractivity contribution in [1.82, 2.24) is 0 Å². The first-order chi connectivity index (χ1) is 15.1. The molecule has 1 heterocycles. The third-order valence-electron chi connectivity index (χ3n) is 6.73. The molecule has 1 aliphatic heterocycles. The maximum Gasteiger partial charge on any atom is 0.496 e. The van der Waals surface area contributed by atoms with Crippen LogP contribution >= 0.6 is 0 Å². The van der Waals surface area contributed by atoms with Crippen LogP contribution < -0.4 is 5.46 Å². The summed E-state index contributed by atoms with van der Waals surface area (Å²) in [6.45, 7) is 8.08. The predicted octanol–water partition coefficient (Wildman–Crippen LogP) is 5.13. The normalized spacial score (nSPS) is 17.8. The molecular weight excluding hydrogens is 419 g/mol. The molecule has 4 nitrogen and oxygen atoms in total. The van der Waals surface area contributed by atoms with E-state index in [4.69, 9.17) is 9.31 Å². The number of hydrogen-bond acceptors (Lipinski definition) is 4. The lowest BCUT2D eigenvalue weighted by molar-refractivity contribution is 0.00578. The van der Waals surface area contributed by atoms with Gasteiger partial charge in [0, 0.05) is 10.8 Å². The molecule has 0 aromatic heterocycles. The fourth-order valence-electron chi connectivity index (χ4n) is 4.34. The van der Waals surface area contributed by atoms with E-state index in [2.05, 4.69) is 0 Å². The molecule has 1 fully saturated rings. The second-order valence-corrected chi connectivity index (χ2v) is 11.1. The van der Waals surface area contributed by atoms with Crippen LogP contribution in [0.4, 0.5) is 0 Å². The van der Waals surface area contributed by atoms with E-state index >= 15 is 0 Å². The highest BCUT2D eigenvalue weighted by Gasteiger charge is 2.52. The smallest absolute Gasteiger partial charge is 0.399 e. The first-order valence-electron chi connectivity index (χ1n) is 10.7. The summed E-state index contributed by atoms with van der Waals surface area (Å²) in [6, 6.07) is 23.8. The third kappa shape index (κ3) is 3.09. The third-order valence-corrected chi connectivity index (χ3v) is 8.60. The van der Waals surface area contributed by atoms with Crippen LogP contribution in [-0.2, 0) is 19.1 Å². The van der Waals surface area contributed by atoms with E-state index in [1.165, 1.54) is 0 Å². The Kier molecular flexibility index (Phi) is 4.75. The number of hydrogen-bond donors (Lipinski definition) is 0. The van der Waals surface area contributed by atoms with E-state index in [0.29, 0.717) is 15.7 Å². The van der Waals surface area contributed by atoms with Crippen LogP contribution in [0.2, 0.25) is 0 Å². The van der Waals surface area contributed by atoms with Crippen molar-refractivity contribution < 1.29 is 17.7 Å². The van der Waals surface area contributed by atoms with Gasteiger partial charge in [0.25, 0.3) is 0 Å². The molecule has 0 amide bonds. The molecule has 0 spiro atoms. The molecule has 0 atom stereocenters. The zero-order valence-electron chi connectivity index (χ0n) is 18.6. The first kappa shape index (κ1) is 21.2. The van der Waals surface area contributed by atoms with Gasteiger partial charge in [-0.15, -0.1) is 0 Å². The van der Waals surface area contributed by atoms with Gasteiger partial charge in [0.1, 0.15) is 0 Å². The Morgan fingerprint density at radius 1 is 0.625 bits per heavy atom. The highest BCUT2D eigenvalue weighted by Crippen LogP contribution is 2.40. The number of benzene rings is 4. The van der Waals surface area contributed by atoms with Gasteiger partial charge in [0.2, 0.25) is 9.84 Å². The van der Waals surface area contributed by atoms with Crippen LogP contribution in [0.15, 0.2) is 88.7 Å². The Morgan fingerprint density at radius 2 is 1.03 bits per heavy atom. The SMILES string of the molecule is CC1(C)OB(c2c3ccccc3c(S(=O)(=O)c3ccccc3)c3ccccc23)OC1(C)C. The molecule has 0 radical (unpaired) electrons. The van der Waals surface area contributed by atoms with Crippen molar-refractivity contribution in [3.63, 3.8) is 0 Å². The van der Waals surface area contributed by atoms with E-state index in [9.17, 15) is 8.42 Å². The molecule has 0 bridgehead atoms. The van der Waals surface area contributed by atoms with Crippen LogP contribution in [-0.4, -0.2) is 26.7 Å². The summed E-state index contributed by atoms with van der Waals surface area (Å²) < 4.78 is 40.5. The Balaban J connectivity index is 1.88. The Morgan fingerprint density at radius 3 is 1.50 bits per heavy atom. The fraction of sp³-hybridized carbons (Fsp3) is 0.231. The van der Waals surface area contributed by atoms with Gasteiger partial charge in [-0.1, -0.05) is 66.7 Å². The quantitative estimate of drug-likeness (QED) is 0.325. The number of fused-ring (bicyclic) bond motifs is 2. The molecule has 6 heteroatoms. The van der Waals surface area contributed by atoms with Crippen molar-refractivity contribution >= 4 is 44.0 Å². The van der Waals surface area contributed by atoms with E-state index in [0.717, 1.165) is 16.2 Å². The largest absolute Gasteiger partial charge is 0.496 e. The van der Waals surface area contributed by atoms with Crippen molar-refractivity contribution in [3.8, 4) is 0 Å². The van der Waals surface area contributed by atoms with Gasteiger partial charge in [0.05, 0.1) is 21.0 Å². The monoisotopic (exact) mass is 444 g/mol. The Labute approximate surface area is 189 Å². The lowest BCUT2D eigenvalue weighted by Gasteiger charge is -2.32. The van der Waals surface area contributed by atoms with Crippen LogP contribution in [0.1, 0.15) is 27.7 Å². The molecule has 32 heavy (non-hydrogen) atoms. The summed E-state index contributed by atoms with van der Waals surface area (Å²) in [6.07, 6.45) is 0. The average molecular weight is 444 g/mol. The van der Waals surface area contributed by atoms with Crippen molar-refractivity contribution in [2.24, 2.45) is 0 Å². The second kappa shape index (κ2) is 7.17. The van der Waals surface area contributed by atoms with Crippen molar-refractivity contribution in [1.29, 1.82) is 0 Å². The summed E-state index contributed by atoms with van der Waals surface area (Å²) in [7, 11) is -4.37. The number of sulfone groups is 1. The van der Waals surface area contributed by atoms with Gasteiger partial charge in [-0.05, 0) is 56.1 Å². The van der Waals surface area contributed by atoms with Gasteiger partial charge in [-0.2, -0.15) is 0 Å². The maximum absolute atomic E-state index is 13.8. The Hall–Kier alpha value is -2.67. The fourth-order valence-corrected chi connectivity index (χ4v) is 6.03. The molecule has 1 saturated heterocycles. The van der Waals surface area contributed by atoms with Gasteiger partial charge < -0.3 is 9.31 Å². The highest BCUT2D eigenvalue weighted by atomic mass is 32.2. The minimum atomic E-state index is -3.76. The average Bonchev–Trinajstić information content (AvgIpc) is 2.98. The van der Waals surface area contributed by atoms with E-state index in [1.54, 1.807) is 24.3 Å². The maximum atomic E-state index is 13.8. The van der Waals surface area contributed by atoms with E-state index in [1.807, 2.05) is 82.3 Å². The molecule has 4 aromatic rings. The summed E-state index contributed by atoms with van der Waals surface area (Å²) >= 11 is 0. The van der Waals surface area contributed by atoms with Gasteiger partial charge >= 0.3 is 7.12 Å². The minimum absolute atomic E-state index is 0.277. The zero-order chi connectivity index (χ0) is 22.7. The van der Waals surface area contributed by atoms with Gasteiger partial charge in [-0.3, -0.25) is 0 Å². The van der Waals surface area contributed by atoms with Crippen molar-refractivity contribution in [2.45, 2.75) is 48.7 Å². The lowest BCUT2D eigenvalue weighted by Crippen LogP contribution is -2.41. The van der Waals surface area contributed by atoms with Crippen LogP contribution in [0, 0.1) is 0 Å². The van der Waals surface area contributed by atoms with Gasteiger partial charge in [0.15, 0.2) is 0 Å². The Bertz CT molecular complexity index is 1370. The molecule has 1 aliphatic rings. The minimum Gasteiger partial charge on any atom is -0.399 e. The topological polar surface area (TPSA) is 52.6 Å². The molecule has 0 N–H and O–H groups in total. The molecule has 0 unspecified atom stereocenters. The van der Waals surface area contributed by atoms with E-state index in [-0.39, 0.29) is 4.90 Å². The van der Waals surface area contributed by atoms with E-state index < -0.39 is 28.2 Å². The molecule has 0 aliphatic carbocycles. The highest BCUT2D eigenvalue weighted by molar-refractivity contribution is 7.92. The molecule has 162 valence electrons. The zero-order valence-corrected chi connectivity index (χ0v) is 19.4. The molecule has 4 aromatic carbocycles. The summed E-state index contributed by atoms with van der Waals surface area (Å²) in [4.78, 5) is 0.592. The standard InChI is InChI=1S/C26H25BO4S/c1-25(2)26(3,4)31-27(30-25)23-19-14-8-10-16-21(19)24(22-17-11-9-15-20(22)23)32(28,29)18-12-6-5-7-13-18/h5-17H,1-4H3. The summed E-state index contributed by atoms with van der Waals surface area (Å²) in [5, 5.41) is 2.97. The van der Waals surface area contributed by atoms with Crippen molar-refractivity contribution in [3.05, 3.63) is 78.9 Å². The lowest BCUT2D eigenvalue weighted by atomic mass is 9.73. The molecule has 0 saturated carbocycles. The first-order valence-corrected chi connectivity index (χ1v) is 12.2. The van der Waals surface area contributed by atoms with Crippen LogP contribution in [0.5, 0.6) is 0 Å². The summed E-state index contributed by atoms with van der Waals surface area (Å²) in [5.41, 5.74) is -0.148.